The molecule has 0 fully saturated rings. The Morgan fingerprint density at radius 3 is 2.46 bits per heavy atom. The highest BCUT2D eigenvalue weighted by Gasteiger charge is 2.26. The van der Waals surface area contributed by atoms with Crippen LogP contribution in [0.2, 0.25) is 0 Å². The second-order valence-corrected chi connectivity index (χ2v) is 1.87. The fourth-order valence-corrected chi connectivity index (χ4v) is 0.372. The summed E-state index contributed by atoms with van der Waals surface area (Å²) in [6.07, 6.45) is 0.483. The molecule has 0 aromatic rings. The molecule has 0 amide bonds. The first-order chi connectivity index (χ1) is 5.45. The molecule has 0 saturated carbocycles. The summed E-state index contributed by atoms with van der Waals surface area (Å²) in [4.78, 5) is 3.00. The lowest BCUT2D eigenvalue weighted by Gasteiger charge is -2.03. The molecule has 0 aromatic carbocycles. The monoisotopic (exact) mass is 307 g/mol. The van der Waals surface area contributed by atoms with Crippen LogP contribution in [-0.4, -0.2) is 25.2 Å². The Morgan fingerprint density at radius 1 is 1.54 bits per heavy atom. The topological polar surface area (TPSA) is 50.4 Å². The van der Waals surface area contributed by atoms with E-state index in [0.717, 1.165) is 0 Å². The summed E-state index contributed by atoms with van der Waals surface area (Å²) in [5.74, 6) is 1.84. The molecule has 0 saturated heterocycles. The van der Waals surface area contributed by atoms with Gasteiger partial charge in [-0.15, -0.1) is 30.4 Å². The fourth-order valence-electron chi connectivity index (χ4n) is 0.372. The Kier molecular flexibility index (Phi) is 7.79. The smallest absolute Gasteiger partial charge is 0.370 e. The van der Waals surface area contributed by atoms with Gasteiger partial charge in [0.2, 0.25) is 0 Å². The molecule has 0 aliphatic heterocycles. The molecule has 76 valence electrons. The van der Waals surface area contributed by atoms with Crippen molar-refractivity contribution in [3.8, 4) is 12.3 Å². The van der Waals surface area contributed by atoms with E-state index in [1.807, 2.05) is 0 Å². The average Bonchev–Trinajstić information content (AvgIpc) is 1.95. The van der Waals surface area contributed by atoms with Crippen LogP contribution < -0.4 is 11.1 Å². The predicted octanol–water partition coefficient (Wildman–Crippen LogP) is 0.704. The molecule has 0 heterocycles. The number of nitrogens with one attached hydrogen (secondary N) is 1. The van der Waals surface area contributed by atoms with Crippen molar-refractivity contribution in [3.05, 3.63) is 0 Å². The summed E-state index contributed by atoms with van der Waals surface area (Å²) in [7, 11) is 0. The summed E-state index contributed by atoms with van der Waals surface area (Å²) in [6, 6.07) is 0. The summed E-state index contributed by atoms with van der Waals surface area (Å²) < 4.78 is 34.5. The van der Waals surface area contributed by atoms with E-state index in [1.54, 1.807) is 0 Å². The molecule has 13 heavy (non-hydrogen) atoms. The van der Waals surface area contributed by atoms with E-state index in [2.05, 4.69) is 16.2 Å². The summed E-state index contributed by atoms with van der Waals surface area (Å²) in [5, 5.41) is 2.30. The highest BCUT2D eigenvalue weighted by atomic mass is 127. The summed E-state index contributed by atoms with van der Waals surface area (Å²) in [5.41, 5.74) is 5.01. The van der Waals surface area contributed by atoms with E-state index in [4.69, 9.17) is 12.2 Å². The number of guanidine groups is 1. The van der Waals surface area contributed by atoms with Gasteiger partial charge in [0.05, 0.1) is 6.54 Å². The maximum atomic E-state index is 11.5. The molecule has 0 aliphatic rings. The van der Waals surface area contributed by atoms with E-state index in [9.17, 15) is 13.2 Å². The number of hydrogen-bond donors (Lipinski definition) is 2. The number of rotatable bonds is 2. The molecule has 0 spiro atoms. The van der Waals surface area contributed by atoms with Crippen LogP contribution in [0.25, 0.3) is 0 Å². The van der Waals surface area contributed by atoms with Crippen molar-refractivity contribution >= 4 is 29.9 Å². The molecule has 3 nitrogen and oxygen atoms in total. The van der Waals surface area contributed by atoms with Crippen molar-refractivity contribution in [3.63, 3.8) is 0 Å². The summed E-state index contributed by atoms with van der Waals surface area (Å²) in [6.45, 7) is -1.23. The Labute approximate surface area is 91.0 Å². The molecule has 0 radical (unpaired) electrons. The van der Waals surface area contributed by atoms with Crippen molar-refractivity contribution in [1.29, 1.82) is 0 Å². The highest BCUT2D eigenvalue weighted by molar-refractivity contribution is 14.0. The molecule has 3 N–H and O–H groups in total. The SMILES string of the molecule is C#CCNC(N)=NCC(F)(F)F.I. The molecule has 7 heteroatoms. The first kappa shape index (κ1) is 14.9. The zero-order chi connectivity index (χ0) is 9.61. The molecule has 0 aromatic heterocycles. The number of hydrogen-bond acceptors (Lipinski definition) is 1. The van der Waals surface area contributed by atoms with Gasteiger partial charge in [-0.25, -0.2) is 4.99 Å². The standard InChI is InChI=1S/C6H8F3N3.HI/c1-2-3-11-5(10)12-4-6(7,8)9;/h1H,3-4H2,(H3,10,11,12);1H. The zero-order valence-corrected chi connectivity index (χ0v) is 8.89. The minimum Gasteiger partial charge on any atom is -0.370 e. The van der Waals surface area contributed by atoms with Gasteiger partial charge in [-0.2, -0.15) is 13.2 Å². The lowest BCUT2D eigenvalue weighted by Crippen LogP contribution is -2.33. The van der Waals surface area contributed by atoms with Gasteiger partial charge in [0.15, 0.2) is 5.96 Å². The number of terminal acetylenes is 1. The van der Waals surface area contributed by atoms with E-state index in [1.165, 1.54) is 0 Å². The largest absolute Gasteiger partial charge is 0.408 e. The Balaban J connectivity index is 0. The van der Waals surface area contributed by atoms with Gasteiger partial charge in [-0.05, 0) is 0 Å². The van der Waals surface area contributed by atoms with Crippen LogP contribution in [0.15, 0.2) is 4.99 Å². The number of halogens is 4. The van der Waals surface area contributed by atoms with Crippen LogP contribution in [0.4, 0.5) is 13.2 Å². The van der Waals surface area contributed by atoms with Crippen LogP contribution in [-0.2, 0) is 0 Å². The second kappa shape index (κ2) is 6.82. The van der Waals surface area contributed by atoms with E-state index < -0.39 is 12.7 Å². The van der Waals surface area contributed by atoms with Crippen molar-refractivity contribution in [2.24, 2.45) is 10.7 Å². The van der Waals surface area contributed by atoms with Crippen LogP contribution in [0, 0.1) is 12.3 Å². The van der Waals surface area contributed by atoms with Gasteiger partial charge < -0.3 is 11.1 Å². The Bertz CT molecular complexity index is 206. The average molecular weight is 307 g/mol. The third-order valence-corrected chi connectivity index (χ3v) is 0.800. The van der Waals surface area contributed by atoms with Gasteiger partial charge >= 0.3 is 6.18 Å². The van der Waals surface area contributed by atoms with Gasteiger partial charge in [-0.1, -0.05) is 5.92 Å². The molecular weight excluding hydrogens is 298 g/mol. The zero-order valence-electron chi connectivity index (χ0n) is 6.56. The second-order valence-electron chi connectivity index (χ2n) is 1.87. The molecule has 0 unspecified atom stereocenters. The number of alkyl halides is 3. The quantitative estimate of drug-likeness (QED) is 0.342. The maximum absolute atomic E-state index is 11.5. The van der Waals surface area contributed by atoms with Crippen molar-refractivity contribution in [1.82, 2.24) is 5.32 Å². The van der Waals surface area contributed by atoms with Gasteiger partial charge in [-0.3, -0.25) is 0 Å². The van der Waals surface area contributed by atoms with Crippen molar-refractivity contribution in [2.75, 3.05) is 13.1 Å². The van der Waals surface area contributed by atoms with Crippen molar-refractivity contribution < 1.29 is 13.2 Å². The van der Waals surface area contributed by atoms with Gasteiger partial charge in [0.1, 0.15) is 6.54 Å². The normalized spacial score (nSPS) is 11.4. The lowest BCUT2D eigenvalue weighted by molar-refractivity contribution is -0.118. The lowest BCUT2D eigenvalue weighted by atomic mass is 10.6. The first-order valence-corrected chi connectivity index (χ1v) is 2.99. The third-order valence-electron chi connectivity index (χ3n) is 0.800. The van der Waals surface area contributed by atoms with E-state index in [-0.39, 0.29) is 36.5 Å². The Morgan fingerprint density at radius 2 is 2.08 bits per heavy atom. The summed E-state index contributed by atoms with van der Waals surface area (Å²) >= 11 is 0. The minimum absolute atomic E-state index is 0. The first-order valence-electron chi connectivity index (χ1n) is 2.99. The van der Waals surface area contributed by atoms with E-state index in [0.29, 0.717) is 0 Å². The van der Waals surface area contributed by atoms with Crippen molar-refractivity contribution in [2.45, 2.75) is 6.18 Å². The Hall–Kier alpha value is -0.650. The number of nitrogens with two attached hydrogens (primary N) is 1. The van der Waals surface area contributed by atoms with Gasteiger partial charge in [0, 0.05) is 0 Å². The molecule has 0 rings (SSSR count). The number of aliphatic imine (C=N–C) groups is 1. The predicted molar refractivity (Wildman–Crippen MR) is 54.8 cm³/mol. The third kappa shape index (κ3) is 11.3. The molecule has 0 atom stereocenters. The van der Waals surface area contributed by atoms with E-state index >= 15 is 0 Å². The minimum atomic E-state index is -4.33. The van der Waals surface area contributed by atoms with Crippen LogP contribution in [0.1, 0.15) is 0 Å². The fraction of sp³-hybridized carbons (Fsp3) is 0.500. The van der Waals surface area contributed by atoms with Crippen LogP contribution in [0.5, 0.6) is 0 Å². The van der Waals surface area contributed by atoms with Gasteiger partial charge in [0.25, 0.3) is 0 Å². The molecular formula is C6H9F3IN3. The molecule has 0 bridgehead atoms. The maximum Gasteiger partial charge on any atom is 0.408 e. The van der Waals surface area contributed by atoms with Crippen LogP contribution >= 0.6 is 24.0 Å². The van der Waals surface area contributed by atoms with Crippen LogP contribution in [0.3, 0.4) is 0 Å². The highest BCUT2D eigenvalue weighted by Crippen LogP contribution is 2.13. The number of nitrogens with zero attached hydrogens (tertiary/aromatic N) is 1. The molecule has 0 aliphatic carbocycles.